The first-order chi connectivity index (χ1) is 5.92. The van der Waals surface area contributed by atoms with E-state index in [1.165, 1.54) is 5.52 Å². The number of fused-ring (bicyclic) bond motifs is 1. The lowest BCUT2D eigenvalue weighted by Gasteiger charge is -2.01. The Morgan fingerprint density at radius 3 is 3.08 bits per heavy atom. The highest BCUT2D eigenvalue weighted by molar-refractivity contribution is 5.79. The van der Waals surface area contributed by atoms with Gasteiger partial charge in [0.15, 0.2) is 0 Å². The van der Waals surface area contributed by atoms with Crippen molar-refractivity contribution < 1.29 is 4.74 Å². The Balaban J connectivity index is 2.55. The van der Waals surface area contributed by atoms with Crippen molar-refractivity contribution in [3.8, 4) is 0 Å². The summed E-state index contributed by atoms with van der Waals surface area (Å²) < 4.78 is 7.06. The molecule has 0 saturated heterocycles. The maximum Gasteiger partial charge on any atom is 0.122 e. The Morgan fingerprint density at radius 1 is 1.42 bits per heavy atom. The Kier molecular flexibility index (Phi) is 1.84. The van der Waals surface area contributed by atoms with Gasteiger partial charge in [0.25, 0.3) is 0 Å². The monoisotopic (exact) mass is 160 g/mol. The van der Waals surface area contributed by atoms with Crippen molar-refractivity contribution in [2.24, 2.45) is 0 Å². The molecule has 0 bridgehead atoms. The zero-order chi connectivity index (χ0) is 8.39. The number of methoxy groups -OCH3 is 1. The van der Waals surface area contributed by atoms with Crippen LogP contribution in [0.4, 0.5) is 0 Å². The maximum atomic E-state index is 5.04. The fourth-order valence-corrected chi connectivity index (χ4v) is 1.31. The molecule has 0 aliphatic carbocycles. The molecule has 0 unspecified atom stereocenters. The van der Waals surface area contributed by atoms with E-state index in [0.717, 1.165) is 5.39 Å². The molecule has 0 aliphatic rings. The molecular formula is C10H10NO. The van der Waals surface area contributed by atoms with E-state index in [-0.39, 0.29) is 0 Å². The number of benzene rings is 1. The molecule has 1 radical (unpaired) electrons. The summed E-state index contributed by atoms with van der Waals surface area (Å²) in [7, 11) is 1.69. The minimum atomic E-state index is 0.587. The molecule has 2 aromatic rings. The van der Waals surface area contributed by atoms with Gasteiger partial charge in [0.05, 0.1) is 5.52 Å². The topological polar surface area (TPSA) is 14.2 Å². The lowest BCUT2D eigenvalue weighted by Crippen LogP contribution is -1.96. The van der Waals surface area contributed by atoms with Crippen LogP contribution in [-0.2, 0) is 11.5 Å². The average Bonchev–Trinajstić information content (AvgIpc) is 2.50. The third kappa shape index (κ3) is 1.10. The van der Waals surface area contributed by atoms with Crippen LogP contribution >= 0.6 is 0 Å². The molecule has 2 rings (SSSR count). The zero-order valence-corrected chi connectivity index (χ0v) is 6.95. The van der Waals surface area contributed by atoms with Crippen LogP contribution in [0.1, 0.15) is 0 Å². The fraction of sp³-hybridized carbons (Fsp3) is 0.200. The summed E-state index contributed by atoms with van der Waals surface area (Å²) in [6.45, 7) is 0.587. The van der Waals surface area contributed by atoms with E-state index in [0.29, 0.717) is 6.73 Å². The number of para-hydroxylation sites is 1. The number of ether oxygens (including phenoxy) is 1. The second-order valence-electron chi connectivity index (χ2n) is 2.68. The van der Waals surface area contributed by atoms with E-state index in [4.69, 9.17) is 4.74 Å². The number of hydrogen-bond donors (Lipinski definition) is 0. The predicted molar refractivity (Wildman–Crippen MR) is 47.8 cm³/mol. The fourth-order valence-electron chi connectivity index (χ4n) is 1.31. The van der Waals surface area contributed by atoms with Crippen molar-refractivity contribution >= 4 is 10.9 Å². The van der Waals surface area contributed by atoms with Crippen LogP contribution in [0.5, 0.6) is 0 Å². The van der Waals surface area contributed by atoms with Crippen molar-refractivity contribution in [3.05, 3.63) is 36.5 Å². The largest absolute Gasteiger partial charge is 0.364 e. The van der Waals surface area contributed by atoms with E-state index in [1.54, 1.807) is 7.11 Å². The SMILES string of the molecule is COCn1c[c]c2ccccc21. The van der Waals surface area contributed by atoms with Gasteiger partial charge in [0.1, 0.15) is 6.73 Å². The zero-order valence-electron chi connectivity index (χ0n) is 6.95. The molecule has 0 aliphatic heterocycles. The molecule has 0 fully saturated rings. The number of hydrogen-bond acceptors (Lipinski definition) is 1. The molecule has 12 heavy (non-hydrogen) atoms. The van der Waals surface area contributed by atoms with Crippen LogP contribution in [0.15, 0.2) is 30.5 Å². The van der Waals surface area contributed by atoms with Crippen LogP contribution < -0.4 is 0 Å². The van der Waals surface area contributed by atoms with Crippen molar-refractivity contribution in [1.82, 2.24) is 4.57 Å². The lowest BCUT2D eigenvalue weighted by atomic mass is 10.2. The average molecular weight is 160 g/mol. The Hall–Kier alpha value is -1.28. The molecule has 2 heteroatoms. The number of aromatic nitrogens is 1. The van der Waals surface area contributed by atoms with Crippen LogP contribution in [0, 0.1) is 6.07 Å². The summed E-state index contributed by atoms with van der Waals surface area (Å²) in [6.07, 6.45) is 1.91. The van der Waals surface area contributed by atoms with Crippen LogP contribution in [0.2, 0.25) is 0 Å². The Morgan fingerprint density at radius 2 is 2.25 bits per heavy atom. The molecule has 1 heterocycles. The highest BCUT2D eigenvalue weighted by Crippen LogP contribution is 2.13. The first-order valence-corrected chi connectivity index (χ1v) is 3.86. The summed E-state index contributed by atoms with van der Waals surface area (Å²) in [4.78, 5) is 0. The molecule has 0 N–H and O–H groups in total. The van der Waals surface area contributed by atoms with Crippen LogP contribution in [0.3, 0.4) is 0 Å². The van der Waals surface area contributed by atoms with Crippen molar-refractivity contribution in [2.45, 2.75) is 6.73 Å². The normalized spacial score (nSPS) is 10.8. The van der Waals surface area contributed by atoms with Crippen molar-refractivity contribution in [1.29, 1.82) is 0 Å². The van der Waals surface area contributed by atoms with Crippen molar-refractivity contribution in [3.63, 3.8) is 0 Å². The molecule has 0 amide bonds. The third-order valence-electron chi connectivity index (χ3n) is 1.86. The first-order valence-electron chi connectivity index (χ1n) is 3.86. The number of rotatable bonds is 2. The molecule has 61 valence electrons. The van der Waals surface area contributed by atoms with Gasteiger partial charge in [-0.1, -0.05) is 18.2 Å². The minimum absolute atomic E-state index is 0.587. The van der Waals surface area contributed by atoms with Crippen LogP contribution in [-0.4, -0.2) is 11.7 Å². The van der Waals surface area contributed by atoms with Gasteiger partial charge in [0, 0.05) is 24.8 Å². The lowest BCUT2D eigenvalue weighted by molar-refractivity contribution is 0.135. The Labute approximate surface area is 71.4 Å². The predicted octanol–water partition coefficient (Wildman–Crippen LogP) is 2.05. The highest BCUT2D eigenvalue weighted by Gasteiger charge is 1.97. The summed E-state index contributed by atoms with van der Waals surface area (Å²) in [5.41, 5.74) is 1.17. The molecule has 2 nitrogen and oxygen atoms in total. The second kappa shape index (κ2) is 2.99. The number of nitrogens with zero attached hydrogens (tertiary/aromatic N) is 1. The van der Waals surface area contributed by atoms with Crippen molar-refractivity contribution in [2.75, 3.05) is 7.11 Å². The Bertz CT molecular complexity index is 378. The smallest absolute Gasteiger partial charge is 0.122 e. The molecular weight excluding hydrogens is 150 g/mol. The van der Waals surface area contributed by atoms with Gasteiger partial charge >= 0.3 is 0 Å². The molecule has 0 atom stereocenters. The molecule has 0 spiro atoms. The van der Waals surface area contributed by atoms with Gasteiger partial charge in [-0.15, -0.1) is 0 Å². The van der Waals surface area contributed by atoms with Gasteiger partial charge in [-0.3, -0.25) is 0 Å². The second-order valence-corrected chi connectivity index (χ2v) is 2.68. The summed E-state index contributed by atoms with van der Waals surface area (Å²) in [5.74, 6) is 0. The molecule has 1 aromatic heterocycles. The van der Waals surface area contributed by atoms with E-state index in [9.17, 15) is 0 Å². The van der Waals surface area contributed by atoms with Gasteiger partial charge in [-0.2, -0.15) is 0 Å². The summed E-state index contributed by atoms with van der Waals surface area (Å²) >= 11 is 0. The van der Waals surface area contributed by atoms with Gasteiger partial charge in [-0.05, 0) is 6.07 Å². The third-order valence-corrected chi connectivity index (χ3v) is 1.86. The summed E-state index contributed by atoms with van der Waals surface area (Å²) in [6, 6.07) is 11.3. The highest BCUT2D eigenvalue weighted by atomic mass is 16.5. The van der Waals surface area contributed by atoms with Gasteiger partial charge in [0.2, 0.25) is 0 Å². The minimum Gasteiger partial charge on any atom is -0.364 e. The maximum absolute atomic E-state index is 5.04. The first kappa shape index (κ1) is 7.37. The summed E-state index contributed by atoms with van der Waals surface area (Å²) in [5, 5.41) is 1.13. The van der Waals surface area contributed by atoms with E-state index < -0.39 is 0 Å². The molecule has 0 saturated carbocycles. The van der Waals surface area contributed by atoms with E-state index in [2.05, 4.69) is 12.1 Å². The van der Waals surface area contributed by atoms with Gasteiger partial charge < -0.3 is 9.30 Å². The standard InChI is InChI=1S/C10H10NO/c1-12-8-11-7-6-9-4-2-3-5-10(9)11/h2-5,7H,8H2,1H3. The molecule has 1 aromatic carbocycles. The van der Waals surface area contributed by atoms with Gasteiger partial charge in [-0.25, -0.2) is 0 Å². The van der Waals surface area contributed by atoms with Crippen LogP contribution in [0.25, 0.3) is 10.9 Å². The van der Waals surface area contributed by atoms with E-state index >= 15 is 0 Å². The quantitative estimate of drug-likeness (QED) is 0.655. The van der Waals surface area contributed by atoms with E-state index in [1.807, 2.05) is 29.0 Å².